The second-order valence-electron chi connectivity index (χ2n) is 7.00. The molecule has 0 aliphatic carbocycles. The number of nitrogens with zero attached hydrogens (tertiary/aromatic N) is 1. The van der Waals surface area contributed by atoms with Gasteiger partial charge in [0.25, 0.3) is 0 Å². The van der Waals surface area contributed by atoms with Crippen molar-refractivity contribution in [1.82, 2.24) is 4.90 Å². The molecule has 0 spiro atoms. The molecule has 0 amide bonds. The number of halogens is 2. The Balaban J connectivity index is 0.00000134. The van der Waals surface area contributed by atoms with E-state index < -0.39 is 6.10 Å². The molecule has 1 unspecified atom stereocenters. The van der Waals surface area contributed by atoms with Crippen molar-refractivity contribution in [2.24, 2.45) is 0 Å². The summed E-state index contributed by atoms with van der Waals surface area (Å²) in [5.74, 6) is 0.747. The fraction of sp³-hybridized carbons (Fsp3) is 0.478. The van der Waals surface area contributed by atoms with Gasteiger partial charge in [-0.15, -0.1) is 0 Å². The molecule has 0 aliphatic rings. The van der Waals surface area contributed by atoms with Gasteiger partial charge in [-0.2, -0.15) is 0 Å². The van der Waals surface area contributed by atoms with Gasteiger partial charge in [-0.3, -0.25) is 10.5 Å². The van der Waals surface area contributed by atoms with Crippen LogP contribution in [0.25, 0.3) is 0 Å². The number of unbranched alkanes of at least 4 members (excludes halogenated alkanes) is 1. The molecule has 0 bridgehead atoms. The second kappa shape index (κ2) is 18.1. The molecule has 31 heavy (non-hydrogen) atoms. The van der Waals surface area contributed by atoms with E-state index in [2.05, 4.69) is 24.1 Å². The largest absolute Gasteiger partial charge is 0.491 e. The maximum absolute atomic E-state index is 10.1. The number of nitrogens with one attached hydrogen (secondary N) is 1. The van der Waals surface area contributed by atoms with Crippen LogP contribution in [0.4, 0.5) is 5.69 Å². The monoisotopic (exact) mass is 474 g/mol. The third-order valence-electron chi connectivity index (χ3n) is 4.37. The summed E-state index contributed by atoms with van der Waals surface area (Å²) < 4.78 is 5.62. The zero-order valence-electron chi connectivity index (χ0n) is 18.8. The van der Waals surface area contributed by atoms with Gasteiger partial charge in [0.05, 0.1) is 10.0 Å². The van der Waals surface area contributed by atoms with Crippen LogP contribution < -0.4 is 10.1 Å². The fourth-order valence-corrected chi connectivity index (χ4v) is 2.75. The highest BCUT2D eigenvalue weighted by Crippen LogP contribution is 2.22. The highest BCUT2D eigenvalue weighted by Gasteiger charge is 2.10. The quantitative estimate of drug-likeness (QED) is 0.258. The lowest BCUT2D eigenvalue weighted by Crippen LogP contribution is -2.34. The van der Waals surface area contributed by atoms with Gasteiger partial charge in [-0.1, -0.05) is 56.0 Å². The van der Waals surface area contributed by atoms with Gasteiger partial charge in [0.15, 0.2) is 0 Å². The van der Waals surface area contributed by atoms with Crippen LogP contribution in [0.1, 0.15) is 32.3 Å². The first-order valence-electron chi connectivity index (χ1n) is 10.3. The number of hydrogen-bond donors (Lipinski definition) is 4. The van der Waals surface area contributed by atoms with Gasteiger partial charge >= 0.3 is 0 Å². The van der Waals surface area contributed by atoms with Crippen molar-refractivity contribution >= 4 is 28.9 Å². The van der Waals surface area contributed by atoms with E-state index in [1.54, 1.807) is 6.07 Å². The number of ether oxygens (including phenoxy) is 1. The summed E-state index contributed by atoms with van der Waals surface area (Å²) in [6, 6.07) is 13.3. The highest BCUT2D eigenvalue weighted by molar-refractivity contribution is 6.42. The number of rotatable bonds is 10. The average Bonchev–Trinajstić information content (AvgIpc) is 2.80. The summed E-state index contributed by atoms with van der Waals surface area (Å²) in [7, 11) is 3.84. The smallest absolute Gasteiger partial charge is 0.119 e. The molecule has 1 atom stereocenters. The number of benzene rings is 2. The van der Waals surface area contributed by atoms with Gasteiger partial charge in [-0.05, 0) is 55.4 Å². The summed E-state index contributed by atoms with van der Waals surface area (Å²) in [4.78, 5) is 2.07. The van der Waals surface area contributed by atoms with Gasteiger partial charge in [0.1, 0.15) is 18.5 Å². The molecule has 0 heterocycles. The molecule has 8 heteroatoms. The van der Waals surface area contributed by atoms with Crippen LogP contribution in [-0.2, 0) is 6.42 Å². The van der Waals surface area contributed by atoms with Crippen LogP contribution in [0.15, 0.2) is 42.5 Å². The Morgan fingerprint density at radius 2 is 1.61 bits per heavy atom. The molecule has 176 valence electrons. The molecular formula is C23H36Cl2N2O4. The van der Waals surface area contributed by atoms with Crippen molar-refractivity contribution in [3.8, 4) is 5.75 Å². The van der Waals surface area contributed by atoms with E-state index in [0.29, 0.717) is 16.6 Å². The molecule has 0 aromatic heterocycles. The Morgan fingerprint density at radius 1 is 1.00 bits per heavy atom. The molecule has 0 aliphatic heterocycles. The molecular weight excluding hydrogens is 439 g/mol. The lowest BCUT2D eigenvalue weighted by atomic mass is 10.1. The lowest BCUT2D eigenvalue weighted by molar-refractivity contribution is -0.176. The summed E-state index contributed by atoms with van der Waals surface area (Å²) in [6.07, 6.45) is 2.93. The maximum Gasteiger partial charge on any atom is 0.119 e. The number of likely N-dealkylation sites (N-methyl/N-ethyl adjacent to an activating group) is 1. The molecule has 0 saturated carbocycles. The van der Waals surface area contributed by atoms with E-state index in [1.807, 2.05) is 50.5 Å². The minimum absolute atomic E-state index is 0.260. The molecule has 2 aromatic carbocycles. The van der Waals surface area contributed by atoms with Gasteiger partial charge < -0.3 is 20.1 Å². The summed E-state index contributed by atoms with van der Waals surface area (Å²) in [5, 5.41) is 26.3. The minimum atomic E-state index is -0.553. The van der Waals surface area contributed by atoms with E-state index in [1.165, 1.54) is 12.8 Å². The van der Waals surface area contributed by atoms with Crippen molar-refractivity contribution in [1.29, 1.82) is 0 Å². The lowest BCUT2D eigenvalue weighted by Gasteiger charge is -2.21. The Bertz CT molecular complexity index is 700. The first-order valence-corrected chi connectivity index (χ1v) is 11.1. The molecule has 0 saturated heterocycles. The van der Waals surface area contributed by atoms with E-state index >= 15 is 0 Å². The molecule has 0 radical (unpaired) electrons. The van der Waals surface area contributed by atoms with Crippen LogP contribution in [0.5, 0.6) is 5.75 Å². The normalized spacial score (nSPS) is 11.0. The Morgan fingerprint density at radius 3 is 2.13 bits per heavy atom. The standard InChI is InChI=1S/C19H24Cl2N2O2.C4H10.H2O2/c1-22-15-4-6-17(7-5-15)25-13-16(24)12-23(2)10-9-14-3-8-18(20)19(21)11-14;1-3-4-2;1-2/h3-8,11,16,22,24H,9-10,12-13H2,1-2H3;3-4H2,1-2H3;1-2H. The molecule has 0 fully saturated rings. The van der Waals surface area contributed by atoms with Crippen molar-refractivity contribution in [2.45, 2.75) is 39.2 Å². The molecule has 6 nitrogen and oxygen atoms in total. The number of aliphatic hydroxyl groups excluding tert-OH is 1. The van der Waals surface area contributed by atoms with Gasteiger partial charge in [0.2, 0.25) is 0 Å². The first kappa shape index (κ1) is 29.5. The summed E-state index contributed by atoms with van der Waals surface area (Å²) in [5.41, 5.74) is 2.14. The topological polar surface area (TPSA) is 85.2 Å². The molecule has 2 rings (SSSR count). The van der Waals surface area contributed by atoms with E-state index in [0.717, 1.165) is 30.0 Å². The molecule has 4 N–H and O–H groups in total. The third kappa shape index (κ3) is 13.5. The number of hydrogen-bond acceptors (Lipinski definition) is 6. The van der Waals surface area contributed by atoms with Crippen LogP contribution in [0.3, 0.4) is 0 Å². The Kier molecular flexibility index (Phi) is 17.2. The predicted octanol–water partition coefficient (Wildman–Crippen LogP) is 5.77. The van der Waals surface area contributed by atoms with Crippen molar-refractivity contribution in [3.63, 3.8) is 0 Å². The third-order valence-corrected chi connectivity index (χ3v) is 5.11. The van der Waals surface area contributed by atoms with E-state index in [-0.39, 0.29) is 6.61 Å². The average molecular weight is 475 g/mol. The summed E-state index contributed by atoms with van der Waals surface area (Å²) >= 11 is 11.9. The Labute approximate surface area is 196 Å². The van der Waals surface area contributed by atoms with Gasteiger partial charge in [0, 0.05) is 25.8 Å². The highest BCUT2D eigenvalue weighted by atomic mass is 35.5. The van der Waals surface area contributed by atoms with Crippen molar-refractivity contribution < 1.29 is 20.4 Å². The zero-order chi connectivity index (χ0) is 23.6. The predicted molar refractivity (Wildman–Crippen MR) is 131 cm³/mol. The second-order valence-corrected chi connectivity index (χ2v) is 7.81. The Hall–Kier alpha value is -1.54. The van der Waals surface area contributed by atoms with E-state index in [4.69, 9.17) is 38.5 Å². The SMILES string of the molecule is CCCC.CNc1ccc(OCC(O)CN(C)CCc2ccc(Cl)c(Cl)c2)cc1.OO. The van der Waals surface area contributed by atoms with E-state index in [9.17, 15) is 5.11 Å². The summed E-state index contributed by atoms with van der Waals surface area (Å²) in [6.45, 7) is 5.97. The first-order chi connectivity index (χ1) is 14.9. The zero-order valence-corrected chi connectivity index (χ0v) is 20.3. The fourth-order valence-electron chi connectivity index (χ4n) is 2.43. The van der Waals surface area contributed by atoms with Crippen LogP contribution in [0, 0.1) is 0 Å². The van der Waals surface area contributed by atoms with Crippen LogP contribution in [-0.4, -0.2) is 60.4 Å². The van der Waals surface area contributed by atoms with Gasteiger partial charge in [-0.25, -0.2) is 0 Å². The van der Waals surface area contributed by atoms with Crippen molar-refractivity contribution in [3.05, 3.63) is 58.1 Å². The molecule has 2 aromatic rings. The number of anilines is 1. The van der Waals surface area contributed by atoms with Crippen LogP contribution >= 0.6 is 23.2 Å². The van der Waals surface area contributed by atoms with Crippen LogP contribution in [0.2, 0.25) is 10.0 Å². The maximum atomic E-state index is 10.1. The number of aliphatic hydroxyl groups is 1. The minimum Gasteiger partial charge on any atom is -0.491 e. The van der Waals surface area contributed by atoms with Crippen molar-refractivity contribution in [2.75, 3.05) is 39.1 Å².